The molecule has 4 heteroatoms. The van der Waals surface area contributed by atoms with Crippen molar-refractivity contribution in [2.75, 3.05) is 0 Å². The summed E-state index contributed by atoms with van der Waals surface area (Å²) < 4.78 is 0. The van der Waals surface area contributed by atoms with Crippen molar-refractivity contribution in [3.8, 4) is 0 Å². The van der Waals surface area contributed by atoms with E-state index in [1.807, 2.05) is 19.2 Å². The highest BCUT2D eigenvalue weighted by molar-refractivity contribution is 7.09. The van der Waals surface area contributed by atoms with Crippen LogP contribution in [0.25, 0.3) is 0 Å². The van der Waals surface area contributed by atoms with Gasteiger partial charge in [0.15, 0.2) is 0 Å². The van der Waals surface area contributed by atoms with Gasteiger partial charge in [-0.3, -0.25) is 4.79 Å². The first-order valence-electron chi connectivity index (χ1n) is 5.31. The second-order valence-electron chi connectivity index (χ2n) is 5.74. The molecular weight excluding hydrogens is 222 g/mol. The maximum atomic E-state index is 10.8. The van der Waals surface area contributed by atoms with Gasteiger partial charge in [0.2, 0.25) is 0 Å². The van der Waals surface area contributed by atoms with Crippen LogP contribution in [0.3, 0.4) is 0 Å². The standard InChI is InChI=1S/C12H19NO2S/c1-11(2,3)8-7-16-10(13-8)12(4,5)6-9(14)15/h7H,6H2,1-5H3,(H,14,15). The first-order chi connectivity index (χ1) is 7.13. The third-order valence-corrected chi connectivity index (χ3v) is 3.65. The summed E-state index contributed by atoms with van der Waals surface area (Å²) in [5, 5.41) is 11.8. The Labute approximate surface area is 101 Å². The van der Waals surface area contributed by atoms with E-state index in [2.05, 4.69) is 25.8 Å². The molecule has 90 valence electrons. The SMILES string of the molecule is CC(C)(C)c1csc(C(C)(C)CC(=O)O)n1. The van der Waals surface area contributed by atoms with E-state index in [1.54, 1.807) is 11.3 Å². The average molecular weight is 241 g/mol. The Balaban J connectivity index is 2.97. The molecule has 1 rings (SSSR count). The molecule has 0 saturated heterocycles. The van der Waals surface area contributed by atoms with Crippen LogP contribution in [-0.4, -0.2) is 16.1 Å². The van der Waals surface area contributed by atoms with Crippen molar-refractivity contribution in [3.05, 3.63) is 16.1 Å². The molecule has 1 aromatic heterocycles. The molecule has 0 aromatic carbocycles. The van der Waals surface area contributed by atoms with Crippen LogP contribution in [0.5, 0.6) is 0 Å². The van der Waals surface area contributed by atoms with Gasteiger partial charge in [-0.1, -0.05) is 34.6 Å². The summed E-state index contributed by atoms with van der Waals surface area (Å²) in [5.41, 5.74) is 0.666. The van der Waals surface area contributed by atoms with Gasteiger partial charge in [0.05, 0.1) is 17.1 Å². The van der Waals surface area contributed by atoms with Crippen LogP contribution in [0.4, 0.5) is 0 Å². The van der Waals surface area contributed by atoms with Crippen molar-refractivity contribution in [1.82, 2.24) is 4.98 Å². The van der Waals surface area contributed by atoms with Crippen LogP contribution < -0.4 is 0 Å². The Hall–Kier alpha value is -0.900. The number of thiazole rings is 1. The molecule has 1 N–H and O–H groups in total. The molecule has 0 aliphatic carbocycles. The summed E-state index contributed by atoms with van der Waals surface area (Å²) >= 11 is 1.55. The van der Waals surface area contributed by atoms with Gasteiger partial charge in [-0.05, 0) is 0 Å². The van der Waals surface area contributed by atoms with E-state index in [1.165, 1.54) is 0 Å². The van der Waals surface area contributed by atoms with E-state index < -0.39 is 5.97 Å². The second-order valence-corrected chi connectivity index (χ2v) is 6.60. The molecule has 0 amide bonds. The van der Waals surface area contributed by atoms with Crippen molar-refractivity contribution in [1.29, 1.82) is 0 Å². The first kappa shape index (κ1) is 13.2. The summed E-state index contributed by atoms with van der Waals surface area (Å²) in [6, 6.07) is 0. The fourth-order valence-electron chi connectivity index (χ4n) is 1.38. The zero-order valence-electron chi connectivity index (χ0n) is 10.5. The van der Waals surface area contributed by atoms with Gasteiger partial charge in [-0.15, -0.1) is 11.3 Å². The zero-order chi connectivity index (χ0) is 12.6. The summed E-state index contributed by atoms with van der Waals surface area (Å²) in [6.45, 7) is 10.2. The van der Waals surface area contributed by atoms with Crippen molar-refractivity contribution >= 4 is 17.3 Å². The Morgan fingerprint density at radius 2 is 1.94 bits per heavy atom. The van der Waals surface area contributed by atoms with E-state index in [-0.39, 0.29) is 17.3 Å². The molecule has 3 nitrogen and oxygen atoms in total. The molecule has 1 heterocycles. The van der Waals surface area contributed by atoms with Crippen molar-refractivity contribution in [2.45, 2.75) is 51.9 Å². The van der Waals surface area contributed by atoms with Gasteiger partial charge in [0.1, 0.15) is 0 Å². The highest BCUT2D eigenvalue weighted by Crippen LogP contribution is 2.33. The Kier molecular flexibility index (Phi) is 3.43. The van der Waals surface area contributed by atoms with Gasteiger partial charge in [-0.2, -0.15) is 0 Å². The predicted molar refractivity (Wildman–Crippen MR) is 66.1 cm³/mol. The fraction of sp³-hybridized carbons (Fsp3) is 0.667. The lowest BCUT2D eigenvalue weighted by Crippen LogP contribution is -2.22. The van der Waals surface area contributed by atoms with Crippen molar-refractivity contribution < 1.29 is 9.90 Å². The molecule has 1 aromatic rings. The van der Waals surface area contributed by atoms with Gasteiger partial charge < -0.3 is 5.11 Å². The number of hydrogen-bond acceptors (Lipinski definition) is 3. The van der Waals surface area contributed by atoms with Crippen LogP contribution >= 0.6 is 11.3 Å². The first-order valence-corrected chi connectivity index (χ1v) is 6.19. The van der Waals surface area contributed by atoms with Crippen molar-refractivity contribution in [2.24, 2.45) is 0 Å². The van der Waals surface area contributed by atoms with E-state index in [0.717, 1.165) is 10.7 Å². The van der Waals surface area contributed by atoms with Crippen LogP contribution in [0.1, 0.15) is 51.7 Å². The van der Waals surface area contributed by atoms with E-state index >= 15 is 0 Å². The molecule has 16 heavy (non-hydrogen) atoms. The lowest BCUT2D eigenvalue weighted by molar-refractivity contribution is -0.138. The number of hydrogen-bond donors (Lipinski definition) is 1. The zero-order valence-corrected chi connectivity index (χ0v) is 11.3. The van der Waals surface area contributed by atoms with Crippen molar-refractivity contribution in [3.63, 3.8) is 0 Å². The molecule has 0 spiro atoms. The van der Waals surface area contributed by atoms with Crippen LogP contribution in [0, 0.1) is 0 Å². The van der Waals surface area contributed by atoms with Gasteiger partial charge in [0, 0.05) is 16.2 Å². The molecule has 0 aliphatic rings. The number of carboxylic acids is 1. The summed E-state index contributed by atoms with van der Waals surface area (Å²) in [4.78, 5) is 15.3. The maximum absolute atomic E-state index is 10.8. The third kappa shape index (κ3) is 3.04. The van der Waals surface area contributed by atoms with Crippen LogP contribution in [0.2, 0.25) is 0 Å². The highest BCUT2D eigenvalue weighted by Gasteiger charge is 2.29. The summed E-state index contributed by atoms with van der Waals surface area (Å²) in [5.74, 6) is -0.780. The third-order valence-electron chi connectivity index (χ3n) is 2.44. The normalized spacial score (nSPS) is 12.8. The average Bonchev–Trinajstić information content (AvgIpc) is 2.47. The van der Waals surface area contributed by atoms with Gasteiger partial charge in [-0.25, -0.2) is 4.98 Å². The molecule has 0 saturated carbocycles. The molecule has 0 fully saturated rings. The quantitative estimate of drug-likeness (QED) is 0.884. The second kappa shape index (κ2) is 4.17. The Bertz CT molecular complexity index is 388. The fourth-order valence-corrected chi connectivity index (χ4v) is 2.55. The molecule has 0 radical (unpaired) electrons. The number of aliphatic carboxylic acids is 1. The molecule has 0 aliphatic heterocycles. The van der Waals surface area contributed by atoms with Gasteiger partial charge in [0.25, 0.3) is 0 Å². The molecular formula is C12H19NO2S. The number of carbonyl (C=O) groups is 1. The number of aromatic nitrogens is 1. The molecule has 0 bridgehead atoms. The minimum Gasteiger partial charge on any atom is -0.481 e. The minimum atomic E-state index is -0.780. The largest absolute Gasteiger partial charge is 0.481 e. The predicted octanol–water partition coefficient (Wildman–Crippen LogP) is 3.19. The van der Waals surface area contributed by atoms with Crippen LogP contribution in [-0.2, 0) is 15.6 Å². The smallest absolute Gasteiger partial charge is 0.304 e. The number of rotatable bonds is 3. The van der Waals surface area contributed by atoms with Crippen LogP contribution in [0.15, 0.2) is 5.38 Å². The number of carboxylic acid groups (broad SMARTS) is 1. The highest BCUT2D eigenvalue weighted by atomic mass is 32.1. The molecule has 0 atom stereocenters. The van der Waals surface area contributed by atoms with E-state index in [4.69, 9.17) is 5.11 Å². The molecule has 0 unspecified atom stereocenters. The Morgan fingerprint density at radius 3 is 2.31 bits per heavy atom. The Morgan fingerprint density at radius 1 is 1.38 bits per heavy atom. The summed E-state index contributed by atoms with van der Waals surface area (Å²) in [7, 11) is 0. The van der Waals surface area contributed by atoms with E-state index in [0.29, 0.717) is 0 Å². The monoisotopic (exact) mass is 241 g/mol. The number of nitrogens with zero attached hydrogens (tertiary/aromatic N) is 1. The lowest BCUT2D eigenvalue weighted by atomic mass is 9.89. The summed E-state index contributed by atoms with van der Waals surface area (Å²) in [6.07, 6.45) is 0.115. The lowest BCUT2D eigenvalue weighted by Gasteiger charge is -2.20. The maximum Gasteiger partial charge on any atom is 0.304 e. The van der Waals surface area contributed by atoms with Gasteiger partial charge >= 0.3 is 5.97 Å². The topological polar surface area (TPSA) is 50.2 Å². The van der Waals surface area contributed by atoms with E-state index in [9.17, 15) is 4.79 Å². The minimum absolute atomic E-state index is 0.0219.